The number of benzene rings is 1. The van der Waals surface area contributed by atoms with E-state index in [0.717, 1.165) is 29.3 Å². The maximum absolute atomic E-state index is 12.4. The molecule has 5 nitrogen and oxygen atoms in total. The van der Waals surface area contributed by atoms with Crippen LogP contribution in [-0.2, 0) is 0 Å². The molecule has 0 radical (unpaired) electrons. The molecule has 5 heteroatoms. The topological polar surface area (TPSA) is 83.8 Å². The van der Waals surface area contributed by atoms with Crippen molar-refractivity contribution in [3.63, 3.8) is 0 Å². The Hall–Kier alpha value is -2.04. The van der Waals surface area contributed by atoms with E-state index in [1.165, 1.54) is 25.7 Å². The third-order valence-corrected chi connectivity index (χ3v) is 5.21. The number of H-pyrrole nitrogens is 1. The van der Waals surface area contributed by atoms with Gasteiger partial charge in [-0.25, -0.2) is 0 Å². The number of anilines is 1. The predicted molar refractivity (Wildman–Crippen MR) is 81.8 cm³/mol. The highest BCUT2D eigenvalue weighted by atomic mass is 16.1. The number of rotatable bonds is 3. The SMILES string of the molecule is Nc1ccc2[nH]nc(C(=O)NCC3CC4CCC3C4)c2c1. The summed E-state index contributed by atoms with van der Waals surface area (Å²) < 4.78 is 0. The van der Waals surface area contributed by atoms with Crippen LogP contribution in [0.5, 0.6) is 0 Å². The molecule has 1 amide bonds. The van der Waals surface area contributed by atoms with Crippen molar-refractivity contribution in [3.05, 3.63) is 23.9 Å². The van der Waals surface area contributed by atoms with Crippen molar-refractivity contribution >= 4 is 22.5 Å². The number of nitrogen functional groups attached to an aromatic ring is 1. The largest absolute Gasteiger partial charge is 0.399 e. The average Bonchev–Trinajstić information content (AvgIpc) is 3.18. The third-order valence-electron chi connectivity index (χ3n) is 5.21. The van der Waals surface area contributed by atoms with Crippen LogP contribution in [0, 0.1) is 17.8 Å². The lowest BCUT2D eigenvalue weighted by atomic mass is 9.89. The summed E-state index contributed by atoms with van der Waals surface area (Å²) in [4.78, 5) is 12.4. The van der Waals surface area contributed by atoms with Gasteiger partial charge in [-0.15, -0.1) is 0 Å². The number of amides is 1. The molecule has 2 saturated carbocycles. The van der Waals surface area contributed by atoms with Gasteiger partial charge in [0.1, 0.15) is 0 Å². The molecule has 3 unspecified atom stereocenters. The molecule has 0 saturated heterocycles. The number of carbonyl (C=O) groups excluding carboxylic acids is 1. The molecule has 0 aliphatic heterocycles. The zero-order chi connectivity index (χ0) is 14.4. The molecular weight excluding hydrogens is 264 g/mol. The van der Waals surface area contributed by atoms with E-state index in [9.17, 15) is 4.79 Å². The lowest BCUT2D eigenvalue weighted by Crippen LogP contribution is -2.31. The standard InChI is InChI=1S/C16H20N4O/c17-12-3-4-14-13(7-12)15(20-19-14)16(21)18-8-11-6-9-1-2-10(11)5-9/h3-4,7,9-11H,1-2,5-6,8,17H2,(H,18,21)(H,19,20). The molecule has 1 aromatic carbocycles. The second kappa shape index (κ2) is 4.76. The maximum Gasteiger partial charge on any atom is 0.272 e. The van der Waals surface area contributed by atoms with Crippen LogP contribution in [0.25, 0.3) is 10.9 Å². The maximum atomic E-state index is 12.4. The van der Waals surface area contributed by atoms with Crippen LogP contribution < -0.4 is 11.1 Å². The molecule has 2 fully saturated rings. The van der Waals surface area contributed by atoms with Gasteiger partial charge in [-0.3, -0.25) is 9.89 Å². The number of aromatic amines is 1. The first-order valence-corrected chi connectivity index (χ1v) is 7.72. The van der Waals surface area contributed by atoms with Crippen molar-refractivity contribution in [1.29, 1.82) is 0 Å². The van der Waals surface area contributed by atoms with Gasteiger partial charge in [0, 0.05) is 17.6 Å². The van der Waals surface area contributed by atoms with E-state index in [-0.39, 0.29) is 5.91 Å². The van der Waals surface area contributed by atoms with E-state index in [4.69, 9.17) is 5.73 Å². The van der Waals surface area contributed by atoms with Gasteiger partial charge < -0.3 is 11.1 Å². The van der Waals surface area contributed by atoms with Crippen LogP contribution in [0.1, 0.15) is 36.2 Å². The van der Waals surface area contributed by atoms with Gasteiger partial charge in [-0.2, -0.15) is 5.10 Å². The molecule has 3 atom stereocenters. The lowest BCUT2D eigenvalue weighted by Gasteiger charge is -2.21. The smallest absolute Gasteiger partial charge is 0.272 e. The summed E-state index contributed by atoms with van der Waals surface area (Å²) >= 11 is 0. The van der Waals surface area contributed by atoms with Crippen LogP contribution in [0.4, 0.5) is 5.69 Å². The number of hydrogen-bond acceptors (Lipinski definition) is 3. The number of hydrogen-bond donors (Lipinski definition) is 3. The van der Waals surface area contributed by atoms with Crippen LogP contribution >= 0.6 is 0 Å². The number of nitrogens with zero attached hydrogens (tertiary/aromatic N) is 1. The fourth-order valence-corrected chi connectivity index (χ4v) is 4.14. The van der Waals surface area contributed by atoms with Crippen LogP contribution in [-0.4, -0.2) is 22.6 Å². The summed E-state index contributed by atoms with van der Waals surface area (Å²) in [7, 11) is 0. The minimum absolute atomic E-state index is 0.102. The molecule has 2 aromatic rings. The molecule has 2 aliphatic rings. The predicted octanol–water partition coefficient (Wildman–Crippen LogP) is 2.31. The number of nitrogens with one attached hydrogen (secondary N) is 2. The van der Waals surface area contributed by atoms with Crippen LogP contribution in [0.15, 0.2) is 18.2 Å². The first-order chi connectivity index (χ1) is 10.2. The summed E-state index contributed by atoms with van der Waals surface area (Å²) in [5.74, 6) is 2.28. The summed E-state index contributed by atoms with van der Waals surface area (Å²) in [5.41, 5.74) is 7.72. The Balaban J connectivity index is 1.47. The molecular formula is C16H20N4O. The highest BCUT2D eigenvalue weighted by Crippen LogP contribution is 2.47. The highest BCUT2D eigenvalue weighted by molar-refractivity contribution is 6.05. The average molecular weight is 284 g/mol. The number of aromatic nitrogens is 2. The fourth-order valence-electron chi connectivity index (χ4n) is 4.14. The van der Waals surface area contributed by atoms with Crippen molar-refractivity contribution < 1.29 is 4.79 Å². The number of nitrogens with two attached hydrogens (primary N) is 1. The van der Waals surface area contributed by atoms with Crippen molar-refractivity contribution in [2.24, 2.45) is 17.8 Å². The van der Waals surface area contributed by atoms with Gasteiger partial charge in [0.25, 0.3) is 5.91 Å². The van der Waals surface area contributed by atoms with E-state index in [0.29, 0.717) is 17.3 Å². The first-order valence-electron chi connectivity index (χ1n) is 7.72. The van der Waals surface area contributed by atoms with Gasteiger partial charge in [-0.1, -0.05) is 6.42 Å². The minimum Gasteiger partial charge on any atom is -0.399 e. The van der Waals surface area contributed by atoms with Crippen molar-refractivity contribution in [2.75, 3.05) is 12.3 Å². The molecule has 2 aliphatic carbocycles. The Kier molecular flexibility index (Phi) is 2.87. The summed E-state index contributed by atoms with van der Waals surface area (Å²) in [6.45, 7) is 0.774. The van der Waals surface area contributed by atoms with Crippen molar-refractivity contribution in [1.82, 2.24) is 15.5 Å². The normalized spacial score (nSPS) is 27.3. The Bertz CT molecular complexity index is 693. The summed E-state index contributed by atoms with van der Waals surface area (Å²) in [5, 5.41) is 10.9. The molecule has 21 heavy (non-hydrogen) atoms. The Morgan fingerprint density at radius 2 is 2.29 bits per heavy atom. The molecule has 110 valence electrons. The molecule has 2 bridgehead atoms. The second-order valence-electron chi connectivity index (χ2n) is 6.52. The lowest BCUT2D eigenvalue weighted by molar-refractivity contribution is 0.0938. The van der Waals surface area contributed by atoms with E-state index in [2.05, 4.69) is 15.5 Å². The zero-order valence-corrected chi connectivity index (χ0v) is 11.9. The highest BCUT2D eigenvalue weighted by Gasteiger charge is 2.39. The number of fused-ring (bicyclic) bond motifs is 3. The van der Waals surface area contributed by atoms with Gasteiger partial charge in [0.15, 0.2) is 5.69 Å². The summed E-state index contributed by atoms with van der Waals surface area (Å²) in [6.07, 6.45) is 5.37. The van der Waals surface area contributed by atoms with Gasteiger partial charge in [0.2, 0.25) is 0 Å². The first kappa shape index (κ1) is 12.7. The monoisotopic (exact) mass is 284 g/mol. The van der Waals surface area contributed by atoms with Gasteiger partial charge in [-0.05, 0) is 55.2 Å². The van der Waals surface area contributed by atoms with E-state index in [1.807, 2.05) is 6.07 Å². The molecule has 4 rings (SSSR count). The minimum atomic E-state index is -0.102. The van der Waals surface area contributed by atoms with E-state index >= 15 is 0 Å². The molecule has 1 aromatic heterocycles. The molecule has 4 N–H and O–H groups in total. The van der Waals surface area contributed by atoms with Gasteiger partial charge in [0.05, 0.1) is 5.52 Å². The van der Waals surface area contributed by atoms with Crippen LogP contribution in [0.2, 0.25) is 0 Å². The Morgan fingerprint density at radius 3 is 3.05 bits per heavy atom. The van der Waals surface area contributed by atoms with E-state index < -0.39 is 0 Å². The van der Waals surface area contributed by atoms with Gasteiger partial charge >= 0.3 is 0 Å². The van der Waals surface area contributed by atoms with Crippen molar-refractivity contribution in [2.45, 2.75) is 25.7 Å². The Morgan fingerprint density at radius 1 is 1.38 bits per heavy atom. The fraction of sp³-hybridized carbons (Fsp3) is 0.500. The summed E-state index contributed by atoms with van der Waals surface area (Å²) in [6, 6.07) is 5.45. The van der Waals surface area contributed by atoms with Crippen molar-refractivity contribution in [3.8, 4) is 0 Å². The second-order valence-corrected chi connectivity index (χ2v) is 6.52. The number of carbonyl (C=O) groups is 1. The Labute approximate surface area is 123 Å². The molecule has 1 heterocycles. The van der Waals surface area contributed by atoms with E-state index in [1.54, 1.807) is 12.1 Å². The van der Waals surface area contributed by atoms with Crippen LogP contribution in [0.3, 0.4) is 0 Å². The third kappa shape index (κ3) is 2.17. The molecule has 0 spiro atoms. The zero-order valence-electron chi connectivity index (χ0n) is 11.9. The quantitative estimate of drug-likeness (QED) is 0.756.